The first-order valence-corrected chi connectivity index (χ1v) is 7.16. The molecule has 3 heteroatoms. The molecule has 0 amide bonds. The van der Waals surface area contributed by atoms with Crippen molar-refractivity contribution in [3.8, 4) is 0 Å². The van der Waals surface area contributed by atoms with Gasteiger partial charge in [-0.15, -0.1) is 0 Å². The topological polar surface area (TPSA) is 30.5 Å². The summed E-state index contributed by atoms with van der Waals surface area (Å²) in [5, 5.41) is 3.44. The molecule has 1 aromatic rings. The number of benzene rings is 1. The molecule has 1 unspecified atom stereocenters. The minimum atomic E-state index is 0.135. The summed E-state index contributed by atoms with van der Waals surface area (Å²) in [5.74, 6) is 0. The third kappa shape index (κ3) is 6.71. The zero-order chi connectivity index (χ0) is 13.9. The van der Waals surface area contributed by atoms with Gasteiger partial charge in [0, 0.05) is 7.11 Å². The SMILES string of the molecule is CCCNCCc1ccccc1COC(C)COC. The zero-order valence-electron chi connectivity index (χ0n) is 12.4. The van der Waals surface area contributed by atoms with Crippen molar-refractivity contribution in [3.63, 3.8) is 0 Å². The van der Waals surface area contributed by atoms with Crippen LogP contribution in [0.1, 0.15) is 31.4 Å². The van der Waals surface area contributed by atoms with Gasteiger partial charge in [0.25, 0.3) is 0 Å². The van der Waals surface area contributed by atoms with Crippen molar-refractivity contribution in [2.75, 3.05) is 26.8 Å². The van der Waals surface area contributed by atoms with Gasteiger partial charge in [-0.05, 0) is 44.0 Å². The van der Waals surface area contributed by atoms with Gasteiger partial charge >= 0.3 is 0 Å². The smallest absolute Gasteiger partial charge is 0.0784 e. The van der Waals surface area contributed by atoms with E-state index in [1.165, 1.54) is 17.5 Å². The normalized spacial score (nSPS) is 12.6. The maximum absolute atomic E-state index is 5.79. The van der Waals surface area contributed by atoms with E-state index in [2.05, 4.69) is 36.5 Å². The van der Waals surface area contributed by atoms with Gasteiger partial charge in [0.2, 0.25) is 0 Å². The monoisotopic (exact) mass is 265 g/mol. The van der Waals surface area contributed by atoms with E-state index < -0.39 is 0 Å². The summed E-state index contributed by atoms with van der Waals surface area (Å²) in [4.78, 5) is 0. The quantitative estimate of drug-likeness (QED) is 0.660. The molecule has 3 nitrogen and oxygen atoms in total. The molecule has 0 radical (unpaired) electrons. The van der Waals surface area contributed by atoms with Crippen molar-refractivity contribution in [1.82, 2.24) is 5.32 Å². The third-order valence-electron chi connectivity index (χ3n) is 3.04. The highest BCUT2D eigenvalue weighted by Gasteiger charge is 2.05. The van der Waals surface area contributed by atoms with Crippen molar-refractivity contribution in [2.45, 2.75) is 39.4 Å². The van der Waals surface area contributed by atoms with Crippen LogP contribution in [0.3, 0.4) is 0 Å². The largest absolute Gasteiger partial charge is 0.382 e. The van der Waals surface area contributed by atoms with Gasteiger partial charge in [0.1, 0.15) is 0 Å². The Bertz CT molecular complexity index is 341. The van der Waals surface area contributed by atoms with Gasteiger partial charge in [0.15, 0.2) is 0 Å². The summed E-state index contributed by atoms with van der Waals surface area (Å²) in [6.07, 6.45) is 2.37. The van der Waals surface area contributed by atoms with Crippen LogP contribution in [-0.2, 0) is 22.5 Å². The fourth-order valence-electron chi connectivity index (χ4n) is 1.98. The molecular weight excluding hydrogens is 238 g/mol. The van der Waals surface area contributed by atoms with Crippen LogP contribution in [0.5, 0.6) is 0 Å². The molecule has 1 atom stereocenters. The lowest BCUT2D eigenvalue weighted by Crippen LogP contribution is -2.19. The molecule has 19 heavy (non-hydrogen) atoms. The molecule has 1 rings (SSSR count). The number of methoxy groups -OCH3 is 1. The Labute approximate surface area is 117 Å². The van der Waals surface area contributed by atoms with E-state index in [0.717, 1.165) is 19.5 Å². The standard InChI is InChI=1S/C16H27NO2/c1-4-10-17-11-9-15-7-5-6-8-16(15)13-19-14(2)12-18-3/h5-8,14,17H,4,9-13H2,1-3H3. The molecular formula is C16H27NO2. The second kappa shape index (κ2) is 9.96. The van der Waals surface area contributed by atoms with Crippen LogP contribution in [0.25, 0.3) is 0 Å². The highest BCUT2D eigenvalue weighted by Crippen LogP contribution is 2.11. The molecule has 0 bridgehead atoms. The molecule has 0 spiro atoms. The minimum Gasteiger partial charge on any atom is -0.382 e. The maximum atomic E-state index is 5.79. The second-order valence-electron chi connectivity index (χ2n) is 4.85. The van der Waals surface area contributed by atoms with Gasteiger partial charge in [-0.3, -0.25) is 0 Å². The highest BCUT2D eigenvalue weighted by atomic mass is 16.5. The summed E-state index contributed by atoms with van der Waals surface area (Å²) in [6, 6.07) is 8.50. The predicted octanol–water partition coefficient (Wildman–Crippen LogP) is 2.78. The van der Waals surface area contributed by atoms with Gasteiger partial charge in [-0.1, -0.05) is 31.2 Å². The number of hydrogen-bond donors (Lipinski definition) is 1. The predicted molar refractivity (Wildman–Crippen MR) is 79.4 cm³/mol. The minimum absolute atomic E-state index is 0.135. The summed E-state index contributed by atoms with van der Waals surface area (Å²) in [6.45, 7) is 7.64. The first kappa shape index (κ1) is 16.2. The molecule has 1 N–H and O–H groups in total. The lowest BCUT2D eigenvalue weighted by Gasteiger charge is -2.14. The van der Waals surface area contributed by atoms with E-state index >= 15 is 0 Å². The van der Waals surface area contributed by atoms with Gasteiger partial charge < -0.3 is 14.8 Å². The fourth-order valence-corrected chi connectivity index (χ4v) is 1.98. The van der Waals surface area contributed by atoms with Crippen LogP contribution >= 0.6 is 0 Å². The number of ether oxygens (including phenoxy) is 2. The maximum Gasteiger partial charge on any atom is 0.0784 e. The Morgan fingerprint density at radius 1 is 1.16 bits per heavy atom. The molecule has 0 saturated carbocycles. The van der Waals surface area contributed by atoms with Gasteiger partial charge in [-0.25, -0.2) is 0 Å². The van der Waals surface area contributed by atoms with Crippen LogP contribution in [-0.4, -0.2) is 32.9 Å². The Kier molecular flexibility index (Phi) is 8.47. The summed E-state index contributed by atoms with van der Waals surface area (Å²) in [5.41, 5.74) is 2.65. The van der Waals surface area contributed by atoms with Crippen molar-refractivity contribution in [2.24, 2.45) is 0 Å². The summed E-state index contributed by atoms with van der Waals surface area (Å²) >= 11 is 0. The summed E-state index contributed by atoms with van der Waals surface area (Å²) < 4.78 is 10.9. The lowest BCUT2D eigenvalue weighted by molar-refractivity contribution is -0.000366. The van der Waals surface area contributed by atoms with Crippen molar-refractivity contribution in [1.29, 1.82) is 0 Å². The van der Waals surface area contributed by atoms with Gasteiger partial charge in [0.05, 0.1) is 19.3 Å². The molecule has 0 heterocycles. The van der Waals surface area contributed by atoms with E-state index in [1.54, 1.807) is 7.11 Å². The molecule has 0 aliphatic carbocycles. The van der Waals surface area contributed by atoms with Crippen LogP contribution in [0.2, 0.25) is 0 Å². The Hall–Kier alpha value is -0.900. The Morgan fingerprint density at radius 2 is 1.89 bits per heavy atom. The van der Waals surface area contributed by atoms with E-state index in [9.17, 15) is 0 Å². The van der Waals surface area contributed by atoms with Crippen molar-refractivity contribution < 1.29 is 9.47 Å². The molecule has 1 aromatic carbocycles. The van der Waals surface area contributed by atoms with Crippen LogP contribution in [0.4, 0.5) is 0 Å². The van der Waals surface area contributed by atoms with E-state index in [1.807, 2.05) is 6.92 Å². The average molecular weight is 265 g/mol. The highest BCUT2D eigenvalue weighted by molar-refractivity contribution is 5.26. The van der Waals surface area contributed by atoms with E-state index in [0.29, 0.717) is 13.2 Å². The van der Waals surface area contributed by atoms with Crippen LogP contribution in [0, 0.1) is 0 Å². The first-order chi connectivity index (χ1) is 9.27. The van der Waals surface area contributed by atoms with Crippen molar-refractivity contribution >= 4 is 0 Å². The first-order valence-electron chi connectivity index (χ1n) is 7.16. The molecule has 108 valence electrons. The molecule has 0 aliphatic heterocycles. The number of nitrogens with one attached hydrogen (secondary N) is 1. The third-order valence-corrected chi connectivity index (χ3v) is 3.04. The van der Waals surface area contributed by atoms with Crippen molar-refractivity contribution in [3.05, 3.63) is 35.4 Å². The molecule has 0 aliphatic rings. The molecule has 0 fully saturated rings. The van der Waals surface area contributed by atoms with Crippen LogP contribution < -0.4 is 5.32 Å². The average Bonchev–Trinajstić information content (AvgIpc) is 2.43. The van der Waals surface area contributed by atoms with E-state index in [4.69, 9.17) is 9.47 Å². The van der Waals surface area contributed by atoms with Gasteiger partial charge in [-0.2, -0.15) is 0 Å². The second-order valence-corrected chi connectivity index (χ2v) is 4.85. The zero-order valence-corrected chi connectivity index (χ0v) is 12.4. The lowest BCUT2D eigenvalue weighted by atomic mass is 10.1. The Morgan fingerprint density at radius 3 is 2.58 bits per heavy atom. The van der Waals surface area contributed by atoms with Crippen LogP contribution in [0.15, 0.2) is 24.3 Å². The molecule has 0 saturated heterocycles. The van der Waals surface area contributed by atoms with E-state index in [-0.39, 0.29) is 6.10 Å². The summed E-state index contributed by atoms with van der Waals surface area (Å²) in [7, 11) is 1.70. The number of rotatable bonds is 10. The molecule has 0 aromatic heterocycles. The number of hydrogen-bond acceptors (Lipinski definition) is 3. The fraction of sp³-hybridized carbons (Fsp3) is 0.625. The Balaban J connectivity index is 2.43.